The van der Waals surface area contributed by atoms with Crippen molar-refractivity contribution in [1.29, 1.82) is 0 Å². The molecule has 5 rings (SSSR count). The summed E-state index contributed by atoms with van der Waals surface area (Å²) in [4.78, 5) is 10.8. The van der Waals surface area contributed by atoms with Crippen LogP contribution in [0.5, 0.6) is 0 Å². The normalized spacial score (nSPS) is 17.2. The summed E-state index contributed by atoms with van der Waals surface area (Å²) >= 11 is 0. The van der Waals surface area contributed by atoms with E-state index in [4.69, 9.17) is 4.42 Å². The van der Waals surface area contributed by atoms with Crippen LogP contribution in [-0.4, -0.2) is 28.5 Å². The Labute approximate surface area is 158 Å². The Morgan fingerprint density at radius 2 is 1.93 bits per heavy atom. The summed E-state index contributed by atoms with van der Waals surface area (Å²) in [5.41, 5.74) is 8.74. The van der Waals surface area contributed by atoms with Gasteiger partial charge in [-0.05, 0) is 60.0 Å². The van der Waals surface area contributed by atoms with Gasteiger partial charge in [0, 0.05) is 42.4 Å². The summed E-state index contributed by atoms with van der Waals surface area (Å²) in [6.07, 6.45) is 7.11. The molecule has 0 fully saturated rings. The third-order valence-electron chi connectivity index (χ3n) is 5.68. The first-order valence-corrected chi connectivity index (χ1v) is 9.24. The summed E-state index contributed by atoms with van der Waals surface area (Å²) in [6, 6.07) is 13.1. The van der Waals surface area contributed by atoms with E-state index >= 15 is 0 Å². The average molecular weight is 355 g/mol. The van der Waals surface area contributed by atoms with Crippen molar-refractivity contribution in [2.24, 2.45) is 0 Å². The first kappa shape index (κ1) is 16.2. The number of fused-ring (bicyclic) bond motifs is 2. The van der Waals surface area contributed by atoms with Crippen LogP contribution in [0.1, 0.15) is 28.2 Å². The number of benzene rings is 2. The first-order chi connectivity index (χ1) is 13.2. The van der Waals surface area contributed by atoms with Gasteiger partial charge in [-0.2, -0.15) is 0 Å². The topological polar surface area (TPSA) is 42.2 Å². The van der Waals surface area contributed by atoms with E-state index in [1.165, 1.54) is 27.8 Å². The van der Waals surface area contributed by atoms with Crippen molar-refractivity contribution in [3.8, 4) is 11.1 Å². The van der Waals surface area contributed by atoms with Crippen molar-refractivity contribution in [2.75, 3.05) is 13.6 Å². The SMILES string of the molecule is Cc1c(-c2cncnc2)ccc2c1CN(C)CC2c1ccc2occc2c1. The zero-order chi connectivity index (χ0) is 18.4. The van der Waals surface area contributed by atoms with Crippen LogP contribution < -0.4 is 0 Å². The van der Waals surface area contributed by atoms with Gasteiger partial charge in [0.25, 0.3) is 0 Å². The number of rotatable bonds is 2. The highest BCUT2D eigenvalue weighted by Gasteiger charge is 2.27. The summed E-state index contributed by atoms with van der Waals surface area (Å²) in [5.74, 6) is 0.359. The van der Waals surface area contributed by atoms with Gasteiger partial charge in [-0.15, -0.1) is 0 Å². The fourth-order valence-corrected chi connectivity index (χ4v) is 4.30. The number of hydrogen-bond donors (Lipinski definition) is 0. The van der Waals surface area contributed by atoms with Gasteiger partial charge in [0.2, 0.25) is 0 Å². The average Bonchev–Trinajstić information content (AvgIpc) is 3.17. The minimum atomic E-state index is 0.359. The van der Waals surface area contributed by atoms with E-state index < -0.39 is 0 Å². The van der Waals surface area contributed by atoms with Crippen LogP contribution in [0.4, 0.5) is 0 Å². The maximum atomic E-state index is 5.51. The predicted octanol–water partition coefficient (Wildman–Crippen LogP) is 4.78. The van der Waals surface area contributed by atoms with Gasteiger partial charge in [0.05, 0.1) is 6.26 Å². The highest BCUT2D eigenvalue weighted by atomic mass is 16.3. The van der Waals surface area contributed by atoms with Crippen molar-refractivity contribution in [1.82, 2.24) is 14.9 Å². The van der Waals surface area contributed by atoms with Gasteiger partial charge < -0.3 is 9.32 Å². The highest BCUT2D eigenvalue weighted by molar-refractivity contribution is 5.78. The van der Waals surface area contributed by atoms with Crippen LogP contribution in [0.2, 0.25) is 0 Å². The van der Waals surface area contributed by atoms with E-state index in [0.717, 1.165) is 29.6 Å². The third kappa shape index (κ3) is 2.73. The second-order valence-corrected chi connectivity index (χ2v) is 7.40. The molecule has 2 aromatic carbocycles. The Morgan fingerprint density at radius 1 is 1.07 bits per heavy atom. The molecule has 0 N–H and O–H groups in total. The zero-order valence-corrected chi connectivity index (χ0v) is 15.5. The van der Waals surface area contributed by atoms with Crippen molar-refractivity contribution in [3.05, 3.63) is 83.6 Å². The molecule has 1 atom stereocenters. The molecule has 0 spiro atoms. The molecule has 1 unspecified atom stereocenters. The van der Waals surface area contributed by atoms with Gasteiger partial charge in [-0.25, -0.2) is 9.97 Å². The summed E-state index contributed by atoms with van der Waals surface area (Å²) in [5, 5.41) is 1.16. The lowest BCUT2D eigenvalue weighted by Crippen LogP contribution is -2.31. The quantitative estimate of drug-likeness (QED) is 0.519. The molecule has 4 heteroatoms. The minimum absolute atomic E-state index is 0.359. The molecule has 4 aromatic rings. The number of hydrogen-bond acceptors (Lipinski definition) is 4. The lowest BCUT2D eigenvalue weighted by molar-refractivity contribution is 0.294. The van der Waals surface area contributed by atoms with Crippen molar-refractivity contribution >= 4 is 11.0 Å². The Bertz CT molecular complexity index is 1120. The molecule has 4 nitrogen and oxygen atoms in total. The Morgan fingerprint density at radius 3 is 2.78 bits per heavy atom. The summed E-state index contributed by atoms with van der Waals surface area (Å²) < 4.78 is 5.51. The molecule has 27 heavy (non-hydrogen) atoms. The molecule has 134 valence electrons. The van der Waals surface area contributed by atoms with E-state index in [1.54, 1.807) is 12.6 Å². The minimum Gasteiger partial charge on any atom is -0.464 e. The van der Waals surface area contributed by atoms with Crippen LogP contribution in [0.15, 0.2) is 65.8 Å². The second-order valence-electron chi connectivity index (χ2n) is 7.40. The zero-order valence-electron chi connectivity index (χ0n) is 15.5. The molecule has 3 heterocycles. The smallest absolute Gasteiger partial charge is 0.133 e. The standard InChI is InChI=1S/C23H21N3O/c1-15-19(18-10-24-14-25-11-18)4-5-20-21(15)12-26(2)13-22(20)16-3-6-23-17(9-16)7-8-27-23/h3-11,14,22H,12-13H2,1-2H3. The number of furan rings is 1. The Balaban J connectivity index is 1.64. The van der Waals surface area contributed by atoms with E-state index in [0.29, 0.717) is 5.92 Å². The van der Waals surface area contributed by atoms with Gasteiger partial charge >= 0.3 is 0 Å². The van der Waals surface area contributed by atoms with E-state index in [-0.39, 0.29) is 0 Å². The molecular weight excluding hydrogens is 334 g/mol. The third-order valence-corrected chi connectivity index (χ3v) is 5.68. The summed E-state index contributed by atoms with van der Waals surface area (Å²) in [7, 11) is 2.20. The molecule has 1 aliphatic rings. The summed E-state index contributed by atoms with van der Waals surface area (Å²) in [6.45, 7) is 4.20. The number of likely N-dealkylation sites (N-methyl/N-ethyl adjacent to an activating group) is 1. The monoisotopic (exact) mass is 355 g/mol. The van der Waals surface area contributed by atoms with E-state index in [1.807, 2.05) is 18.5 Å². The van der Waals surface area contributed by atoms with Gasteiger partial charge in [-0.1, -0.05) is 18.2 Å². The van der Waals surface area contributed by atoms with Crippen molar-refractivity contribution < 1.29 is 4.42 Å². The van der Waals surface area contributed by atoms with E-state index in [9.17, 15) is 0 Å². The van der Waals surface area contributed by atoms with Crippen LogP contribution >= 0.6 is 0 Å². The lowest BCUT2D eigenvalue weighted by atomic mass is 9.81. The molecule has 2 aromatic heterocycles. The molecular formula is C23H21N3O. The molecule has 0 bridgehead atoms. The highest BCUT2D eigenvalue weighted by Crippen LogP contribution is 2.38. The van der Waals surface area contributed by atoms with Gasteiger partial charge in [0.1, 0.15) is 11.9 Å². The van der Waals surface area contributed by atoms with Crippen molar-refractivity contribution in [3.63, 3.8) is 0 Å². The number of nitrogens with zero attached hydrogens (tertiary/aromatic N) is 3. The molecule has 0 saturated heterocycles. The van der Waals surface area contributed by atoms with Gasteiger partial charge in [-0.3, -0.25) is 0 Å². The molecule has 0 saturated carbocycles. The second kappa shape index (κ2) is 6.32. The van der Waals surface area contributed by atoms with Crippen LogP contribution in [0, 0.1) is 6.92 Å². The van der Waals surface area contributed by atoms with Crippen LogP contribution in [-0.2, 0) is 6.54 Å². The molecule has 0 amide bonds. The molecule has 0 aliphatic carbocycles. The van der Waals surface area contributed by atoms with Crippen LogP contribution in [0.25, 0.3) is 22.1 Å². The molecule has 1 aliphatic heterocycles. The Hall–Kier alpha value is -2.98. The predicted molar refractivity (Wildman–Crippen MR) is 107 cm³/mol. The maximum Gasteiger partial charge on any atom is 0.133 e. The lowest BCUT2D eigenvalue weighted by Gasteiger charge is -2.34. The van der Waals surface area contributed by atoms with E-state index in [2.05, 4.69) is 59.2 Å². The number of aromatic nitrogens is 2. The fourth-order valence-electron chi connectivity index (χ4n) is 4.30. The fraction of sp³-hybridized carbons (Fsp3) is 0.217. The largest absolute Gasteiger partial charge is 0.464 e. The first-order valence-electron chi connectivity index (χ1n) is 9.24. The van der Waals surface area contributed by atoms with Crippen LogP contribution in [0.3, 0.4) is 0 Å². The van der Waals surface area contributed by atoms with Crippen molar-refractivity contribution in [2.45, 2.75) is 19.4 Å². The maximum absolute atomic E-state index is 5.51. The molecule has 0 radical (unpaired) electrons. The van der Waals surface area contributed by atoms with Gasteiger partial charge in [0.15, 0.2) is 0 Å². The Kier molecular flexibility index (Phi) is 3.80.